The van der Waals surface area contributed by atoms with Crippen LogP contribution in [0.15, 0.2) is 5.16 Å². The molecule has 1 unspecified atom stereocenters. The topological polar surface area (TPSA) is 63.8 Å². The number of nitrogens with zero attached hydrogens (tertiary/aromatic N) is 2. The highest BCUT2D eigenvalue weighted by atomic mass is 32.2. The van der Waals surface area contributed by atoms with Gasteiger partial charge in [-0.05, 0) is 32.6 Å². The van der Waals surface area contributed by atoms with Crippen molar-refractivity contribution in [2.45, 2.75) is 50.8 Å². The van der Waals surface area contributed by atoms with Crippen LogP contribution >= 0.6 is 12.0 Å². The highest BCUT2D eigenvalue weighted by molar-refractivity contribution is 7.94. The maximum absolute atomic E-state index is 12.0. The van der Waals surface area contributed by atoms with Gasteiger partial charge in [-0.2, -0.15) is 22.8 Å². The summed E-state index contributed by atoms with van der Waals surface area (Å²) < 4.78 is 40.7. The molecular weight excluding hydrogens is 321 g/mol. The SMILES string of the molecule is CON=C1CCC(C(C)(C#N)OOSCCC(F)(F)F)CC1. The lowest BCUT2D eigenvalue weighted by Crippen LogP contribution is -2.38. The van der Waals surface area contributed by atoms with E-state index in [4.69, 9.17) is 14.1 Å². The molecule has 1 saturated carbocycles. The lowest BCUT2D eigenvalue weighted by atomic mass is 9.78. The van der Waals surface area contributed by atoms with Crippen molar-refractivity contribution < 1.29 is 27.2 Å². The van der Waals surface area contributed by atoms with Crippen molar-refractivity contribution in [2.75, 3.05) is 12.9 Å². The zero-order chi connectivity index (χ0) is 16.6. The van der Waals surface area contributed by atoms with E-state index in [1.54, 1.807) is 6.92 Å². The number of hydrogen-bond donors (Lipinski definition) is 0. The molecule has 1 aliphatic carbocycles. The van der Waals surface area contributed by atoms with Crippen LogP contribution in [0, 0.1) is 17.2 Å². The van der Waals surface area contributed by atoms with E-state index in [-0.39, 0.29) is 11.7 Å². The summed E-state index contributed by atoms with van der Waals surface area (Å²) in [6.07, 6.45) is -2.44. The van der Waals surface area contributed by atoms with E-state index in [9.17, 15) is 18.4 Å². The number of halogens is 3. The lowest BCUT2D eigenvalue weighted by molar-refractivity contribution is -0.271. The predicted octanol–water partition coefficient (Wildman–Crippen LogP) is 4.01. The Bertz CT molecular complexity index is 416. The van der Waals surface area contributed by atoms with E-state index in [1.807, 2.05) is 6.07 Å². The van der Waals surface area contributed by atoms with Crippen molar-refractivity contribution in [1.29, 1.82) is 5.26 Å². The third-order valence-electron chi connectivity index (χ3n) is 3.51. The van der Waals surface area contributed by atoms with Gasteiger partial charge >= 0.3 is 6.18 Å². The molecule has 126 valence electrons. The Balaban J connectivity index is 2.39. The van der Waals surface area contributed by atoms with Crippen LogP contribution in [0.1, 0.15) is 39.0 Å². The Morgan fingerprint density at radius 3 is 2.50 bits per heavy atom. The molecule has 0 radical (unpaired) electrons. The molecule has 1 fully saturated rings. The van der Waals surface area contributed by atoms with Gasteiger partial charge in [-0.1, -0.05) is 5.16 Å². The van der Waals surface area contributed by atoms with E-state index < -0.39 is 18.2 Å². The Kier molecular flexibility index (Phi) is 7.45. The molecule has 0 aliphatic heterocycles. The fourth-order valence-electron chi connectivity index (χ4n) is 2.19. The number of nitriles is 1. The monoisotopic (exact) mass is 340 g/mol. The van der Waals surface area contributed by atoms with Crippen LogP contribution in [0.4, 0.5) is 13.2 Å². The van der Waals surface area contributed by atoms with Crippen LogP contribution in [0.2, 0.25) is 0 Å². The molecule has 0 aromatic carbocycles. The fraction of sp³-hybridized carbons (Fsp3) is 0.846. The molecular formula is C13H19F3N2O3S. The number of rotatable bonds is 7. The van der Waals surface area contributed by atoms with Gasteiger partial charge in [0.05, 0.1) is 12.1 Å². The Labute approximate surface area is 131 Å². The van der Waals surface area contributed by atoms with Crippen LogP contribution in [-0.2, 0) is 14.1 Å². The number of alkyl halides is 3. The third kappa shape index (κ3) is 6.42. The minimum atomic E-state index is -4.23. The second kappa shape index (κ2) is 8.60. The molecule has 0 heterocycles. The average Bonchev–Trinajstić information content (AvgIpc) is 2.46. The Morgan fingerprint density at radius 2 is 2.00 bits per heavy atom. The van der Waals surface area contributed by atoms with Gasteiger partial charge < -0.3 is 4.84 Å². The molecule has 0 aromatic rings. The molecule has 22 heavy (non-hydrogen) atoms. The smallest absolute Gasteiger partial charge is 0.389 e. The van der Waals surface area contributed by atoms with Gasteiger partial charge in [0, 0.05) is 23.7 Å². The van der Waals surface area contributed by atoms with Crippen LogP contribution in [0.3, 0.4) is 0 Å². The van der Waals surface area contributed by atoms with Crippen molar-refractivity contribution in [3.05, 3.63) is 0 Å². The van der Waals surface area contributed by atoms with E-state index in [0.29, 0.717) is 37.7 Å². The maximum Gasteiger partial charge on any atom is 0.389 e. The first-order valence-corrected chi connectivity index (χ1v) is 7.76. The molecule has 0 aromatic heterocycles. The van der Waals surface area contributed by atoms with E-state index in [1.165, 1.54) is 7.11 Å². The van der Waals surface area contributed by atoms with Crippen LogP contribution < -0.4 is 0 Å². The molecule has 0 spiro atoms. The molecule has 1 aliphatic rings. The summed E-state index contributed by atoms with van der Waals surface area (Å²) in [4.78, 5) is 9.81. The molecule has 5 nitrogen and oxygen atoms in total. The maximum atomic E-state index is 12.0. The first kappa shape index (κ1) is 19.1. The summed E-state index contributed by atoms with van der Waals surface area (Å²) in [6, 6.07) is 2.05. The summed E-state index contributed by atoms with van der Waals surface area (Å²) in [6.45, 7) is 1.58. The van der Waals surface area contributed by atoms with Gasteiger partial charge in [0.15, 0.2) is 5.60 Å². The largest absolute Gasteiger partial charge is 0.399 e. The highest BCUT2D eigenvalue weighted by Gasteiger charge is 2.39. The van der Waals surface area contributed by atoms with Crippen molar-refractivity contribution in [2.24, 2.45) is 11.1 Å². The van der Waals surface area contributed by atoms with Crippen molar-refractivity contribution in [3.8, 4) is 6.07 Å². The molecule has 0 saturated heterocycles. The van der Waals surface area contributed by atoms with E-state index >= 15 is 0 Å². The predicted molar refractivity (Wildman–Crippen MR) is 75.7 cm³/mol. The molecule has 0 N–H and O–H groups in total. The van der Waals surface area contributed by atoms with Gasteiger partial charge in [0.2, 0.25) is 0 Å². The molecule has 0 bridgehead atoms. The minimum Gasteiger partial charge on any atom is -0.399 e. The summed E-state index contributed by atoms with van der Waals surface area (Å²) in [5.74, 6) is -0.350. The van der Waals surface area contributed by atoms with Crippen molar-refractivity contribution >= 4 is 17.8 Å². The lowest BCUT2D eigenvalue weighted by Gasteiger charge is -2.32. The zero-order valence-electron chi connectivity index (χ0n) is 12.5. The first-order valence-electron chi connectivity index (χ1n) is 6.85. The summed E-state index contributed by atoms with van der Waals surface area (Å²) in [7, 11) is 1.48. The van der Waals surface area contributed by atoms with Crippen LogP contribution in [0.25, 0.3) is 0 Å². The van der Waals surface area contributed by atoms with Gasteiger partial charge in [0.25, 0.3) is 0 Å². The van der Waals surface area contributed by atoms with Gasteiger partial charge in [-0.3, -0.25) is 0 Å². The van der Waals surface area contributed by atoms with Gasteiger partial charge in [-0.25, -0.2) is 4.89 Å². The number of oxime groups is 1. The summed E-state index contributed by atoms with van der Waals surface area (Å²) in [5, 5.41) is 13.2. The standard InChI is InChI=1S/C13H19F3N2O3S/c1-12(9-17,20-21-22-8-7-13(14,15)16)10-3-5-11(6-4-10)18-19-2/h10H,3-8H2,1-2H3. The second-order valence-electron chi connectivity index (χ2n) is 5.17. The van der Waals surface area contributed by atoms with Crippen LogP contribution in [-0.4, -0.2) is 30.4 Å². The van der Waals surface area contributed by atoms with E-state index in [0.717, 1.165) is 5.71 Å². The van der Waals surface area contributed by atoms with E-state index in [2.05, 4.69) is 5.16 Å². The first-order chi connectivity index (χ1) is 10.3. The van der Waals surface area contributed by atoms with Crippen molar-refractivity contribution in [1.82, 2.24) is 0 Å². The van der Waals surface area contributed by atoms with Crippen LogP contribution in [0.5, 0.6) is 0 Å². The Hall–Kier alpha value is -0.980. The molecule has 1 atom stereocenters. The van der Waals surface area contributed by atoms with Gasteiger partial charge in [-0.15, -0.1) is 0 Å². The fourth-order valence-corrected chi connectivity index (χ4v) is 2.76. The van der Waals surface area contributed by atoms with Gasteiger partial charge in [0.1, 0.15) is 13.2 Å². The second-order valence-corrected chi connectivity index (χ2v) is 5.95. The zero-order valence-corrected chi connectivity index (χ0v) is 13.3. The number of hydrogen-bond acceptors (Lipinski definition) is 6. The summed E-state index contributed by atoms with van der Waals surface area (Å²) >= 11 is 0.558. The average molecular weight is 340 g/mol. The minimum absolute atomic E-state index is 0.0727. The third-order valence-corrected chi connectivity index (χ3v) is 4.04. The quantitative estimate of drug-likeness (QED) is 0.303. The molecule has 1 rings (SSSR count). The highest BCUT2D eigenvalue weighted by Crippen LogP contribution is 2.35. The summed E-state index contributed by atoms with van der Waals surface area (Å²) in [5.41, 5.74) is -0.261. The molecule has 0 amide bonds. The normalized spacial score (nSPS) is 21.8. The van der Waals surface area contributed by atoms with Crippen molar-refractivity contribution in [3.63, 3.8) is 0 Å². The molecule has 9 heteroatoms. The Morgan fingerprint density at radius 1 is 1.36 bits per heavy atom.